The van der Waals surface area contributed by atoms with Crippen molar-refractivity contribution < 1.29 is 14.3 Å². The lowest BCUT2D eigenvalue weighted by molar-refractivity contribution is 0.0520. The third-order valence-corrected chi connectivity index (χ3v) is 5.33. The van der Waals surface area contributed by atoms with Crippen molar-refractivity contribution in [2.45, 2.75) is 32.4 Å². The smallest absolute Gasteiger partial charge is 0.407 e. The Labute approximate surface area is 192 Å². The standard InChI is InChI=1S/C22H23Br2N3O3/c1-22(2,3)30-21(29)26-12-19(27-20(28)13-4-6-14(23)7-5-13)17-11-25-18-9-8-15(24)10-16(17)18/h4-11,19,25H,12H2,1-3H3,(H,26,29)(H,27,28). The van der Waals surface area contributed by atoms with Gasteiger partial charge in [-0.3, -0.25) is 4.79 Å². The lowest BCUT2D eigenvalue weighted by Gasteiger charge is -2.23. The third-order valence-electron chi connectivity index (χ3n) is 4.31. The van der Waals surface area contributed by atoms with Crippen LogP contribution in [0.4, 0.5) is 4.79 Å². The fraction of sp³-hybridized carbons (Fsp3) is 0.273. The van der Waals surface area contributed by atoms with Gasteiger partial charge in [-0.05, 0) is 63.2 Å². The Balaban J connectivity index is 1.85. The van der Waals surface area contributed by atoms with E-state index in [1.165, 1.54) is 0 Å². The van der Waals surface area contributed by atoms with E-state index < -0.39 is 17.7 Å². The van der Waals surface area contributed by atoms with Gasteiger partial charge in [0.05, 0.1) is 6.04 Å². The molecule has 0 aliphatic carbocycles. The van der Waals surface area contributed by atoms with Gasteiger partial charge in [-0.15, -0.1) is 0 Å². The van der Waals surface area contributed by atoms with Gasteiger partial charge in [0.25, 0.3) is 5.91 Å². The van der Waals surface area contributed by atoms with Crippen LogP contribution >= 0.6 is 31.9 Å². The molecule has 2 amide bonds. The van der Waals surface area contributed by atoms with E-state index in [9.17, 15) is 9.59 Å². The SMILES string of the molecule is CC(C)(C)OC(=O)NCC(NC(=O)c1ccc(Br)cc1)c1c[nH]c2ccc(Br)cc12. The molecule has 30 heavy (non-hydrogen) atoms. The summed E-state index contributed by atoms with van der Waals surface area (Å²) in [4.78, 5) is 28.2. The molecule has 0 saturated carbocycles. The molecule has 1 unspecified atom stereocenters. The predicted octanol–water partition coefficient (Wildman–Crippen LogP) is 5.69. The second-order valence-electron chi connectivity index (χ2n) is 7.85. The van der Waals surface area contributed by atoms with Crippen LogP contribution in [-0.2, 0) is 4.74 Å². The summed E-state index contributed by atoms with van der Waals surface area (Å²) in [5, 5.41) is 6.74. The van der Waals surface area contributed by atoms with Gasteiger partial charge in [0.1, 0.15) is 5.60 Å². The number of ether oxygens (including phenoxy) is 1. The van der Waals surface area contributed by atoms with E-state index in [-0.39, 0.29) is 12.5 Å². The second kappa shape index (κ2) is 9.22. The molecule has 1 aromatic heterocycles. The van der Waals surface area contributed by atoms with Crippen molar-refractivity contribution in [3.63, 3.8) is 0 Å². The molecule has 2 aromatic carbocycles. The number of halogens is 2. The zero-order valence-corrected chi connectivity index (χ0v) is 20.1. The van der Waals surface area contributed by atoms with E-state index in [0.717, 1.165) is 25.4 Å². The number of hydrogen-bond acceptors (Lipinski definition) is 3. The number of benzene rings is 2. The number of amides is 2. The number of rotatable bonds is 5. The summed E-state index contributed by atoms with van der Waals surface area (Å²) in [7, 11) is 0. The topological polar surface area (TPSA) is 83.2 Å². The van der Waals surface area contributed by atoms with Crippen molar-refractivity contribution in [1.29, 1.82) is 0 Å². The highest BCUT2D eigenvalue weighted by molar-refractivity contribution is 9.10. The van der Waals surface area contributed by atoms with Gasteiger partial charge < -0.3 is 20.4 Å². The van der Waals surface area contributed by atoms with Crippen molar-refractivity contribution in [3.8, 4) is 0 Å². The number of hydrogen-bond donors (Lipinski definition) is 3. The summed E-state index contributed by atoms with van der Waals surface area (Å²) in [6.45, 7) is 5.58. The minimum absolute atomic E-state index is 0.177. The zero-order valence-electron chi connectivity index (χ0n) is 16.9. The zero-order chi connectivity index (χ0) is 21.9. The Morgan fingerprint density at radius 1 is 1.07 bits per heavy atom. The van der Waals surface area contributed by atoms with Crippen molar-refractivity contribution in [1.82, 2.24) is 15.6 Å². The molecule has 0 bridgehead atoms. The summed E-state index contributed by atoms with van der Waals surface area (Å²) in [5.41, 5.74) is 1.73. The largest absolute Gasteiger partial charge is 0.444 e. The summed E-state index contributed by atoms with van der Waals surface area (Å²) in [6, 6.07) is 12.5. The molecule has 0 aliphatic heterocycles. The molecule has 0 spiro atoms. The van der Waals surface area contributed by atoms with Crippen LogP contribution in [0.3, 0.4) is 0 Å². The van der Waals surface area contributed by atoms with Gasteiger partial charge >= 0.3 is 6.09 Å². The number of aromatic amines is 1. The number of carbonyl (C=O) groups excluding carboxylic acids is 2. The fourth-order valence-electron chi connectivity index (χ4n) is 2.98. The summed E-state index contributed by atoms with van der Waals surface area (Å²) >= 11 is 6.87. The number of aromatic nitrogens is 1. The first-order valence-corrected chi connectivity index (χ1v) is 11.0. The molecular formula is C22H23Br2N3O3. The molecule has 0 saturated heterocycles. The molecule has 1 atom stereocenters. The summed E-state index contributed by atoms with van der Waals surface area (Å²) < 4.78 is 7.15. The Hall–Kier alpha value is -2.32. The molecule has 3 aromatic rings. The minimum atomic E-state index is -0.605. The van der Waals surface area contributed by atoms with Crippen LogP contribution in [0.15, 0.2) is 57.6 Å². The summed E-state index contributed by atoms with van der Waals surface area (Å²) in [5.74, 6) is -0.233. The fourth-order valence-corrected chi connectivity index (χ4v) is 3.61. The molecular weight excluding hydrogens is 514 g/mol. The number of H-pyrrole nitrogens is 1. The normalized spacial score (nSPS) is 12.4. The molecule has 3 rings (SSSR count). The van der Waals surface area contributed by atoms with Crippen LogP contribution in [0.2, 0.25) is 0 Å². The highest BCUT2D eigenvalue weighted by Crippen LogP contribution is 2.27. The van der Waals surface area contributed by atoms with Crippen LogP contribution in [0.5, 0.6) is 0 Å². The number of carbonyl (C=O) groups is 2. The third kappa shape index (κ3) is 5.86. The summed E-state index contributed by atoms with van der Waals surface area (Å²) in [6.07, 6.45) is 1.31. The van der Waals surface area contributed by atoms with Crippen molar-refractivity contribution in [2.75, 3.05) is 6.54 Å². The van der Waals surface area contributed by atoms with Gasteiger partial charge in [0, 0.05) is 43.7 Å². The molecule has 0 aliphatic rings. The van der Waals surface area contributed by atoms with Gasteiger partial charge in [-0.2, -0.15) is 0 Å². The lowest BCUT2D eigenvalue weighted by atomic mass is 10.0. The van der Waals surface area contributed by atoms with E-state index >= 15 is 0 Å². The number of nitrogens with one attached hydrogen (secondary N) is 3. The Morgan fingerprint density at radius 3 is 2.40 bits per heavy atom. The Kier molecular flexibility index (Phi) is 6.88. The Bertz CT molecular complexity index is 1060. The van der Waals surface area contributed by atoms with E-state index in [2.05, 4.69) is 47.5 Å². The predicted molar refractivity (Wildman–Crippen MR) is 125 cm³/mol. The minimum Gasteiger partial charge on any atom is -0.444 e. The van der Waals surface area contributed by atoms with Crippen LogP contribution in [0.1, 0.15) is 42.7 Å². The van der Waals surface area contributed by atoms with Crippen molar-refractivity contribution in [3.05, 3.63) is 68.7 Å². The first kappa shape index (κ1) is 22.4. The maximum atomic E-state index is 12.8. The molecule has 0 fully saturated rings. The quantitative estimate of drug-likeness (QED) is 0.391. The molecule has 1 heterocycles. The first-order chi connectivity index (χ1) is 14.1. The van der Waals surface area contributed by atoms with Gasteiger partial charge in [-0.25, -0.2) is 4.79 Å². The lowest BCUT2D eigenvalue weighted by Crippen LogP contribution is -2.40. The van der Waals surface area contributed by atoms with E-state index in [1.807, 2.05) is 36.5 Å². The molecule has 6 nitrogen and oxygen atoms in total. The Morgan fingerprint density at radius 2 is 1.73 bits per heavy atom. The first-order valence-electron chi connectivity index (χ1n) is 9.42. The van der Waals surface area contributed by atoms with Crippen LogP contribution < -0.4 is 10.6 Å². The maximum absolute atomic E-state index is 12.8. The molecule has 3 N–H and O–H groups in total. The van der Waals surface area contributed by atoms with Crippen molar-refractivity contribution >= 4 is 54.8 Å². The molecule has 8 heteroatoms. The highest BCUT2D eigenvalue weighted by Gasteiger charge is 2.22. The van der Waals surface area contributed by atoms with Gasteiger partial charge in [-0.1, -0.05) is 31.9 Å². The van der Waals surface area contributed by atoms with Gasteiger partial charge in [0.2, 0.25) is 0 Å². The van der Waals surface area contributed by atoms with Crippen LogP contribution in [0, 0.1) is 0 Å². The van der Waals surface area contributed by atoms with E-state index in [4.69, 9.17) is 4.74 Å². The molecule has 0 radical (unpaired) electrons. The van der Waals surface area contributed by atoms with Crippen molar-refractivity contribution in [2.24, 2.45) is 0 Å². The highest BCUT2D eigenvalue weighted by atomic mass is 79.9. The maximum Gasteiger partial charge on any atom is 0.407 e. The van der Waals surface area contributed by atoms with Gasteiger partial charge in [0.15, 0.2) is 0 Å². The van der Waals surface area contributed by atoms with E-state index in [0.29, 0.717) is 5.56 Å². The van der Waals surface area contributed by atoms with E-state index in [1.54, 1.807) is 32.9 Å². The number of fused-ring (bicyclic) bond motifs is 1. The van der Waals surface area contributed by atoms with Crippen LogP contribution in [-0.4, -0.2) is 29.1 Å². The van der Waals surface area contributed by atoms with Crippen LogP contribution in [0.25, 0.3) is 10.9 Å². The monoisotopic (exact) mass is 535 g/mol. The second-order valence-corrected chi connectivity index (χ2v) is 9.68. The average molecular weight is 537 g/mol. The molecule has 158 valence electrons. The number of alkyl carbamates (subject to hydrolysis) is 1. The average Bonchev–Trinajstić information content (AvgIpc) is 3.07.